The first kappa shape index (κ1) is 13.8. The smallest absolute Gasteiger partial charge is 0.296 e. The summed E-state index contributed by atoms with van der Waals surface area (Å²) in [5.74, 6) is 1.27. The molecule has 8 heteroatoms. The Bertz CT molecular complexity index is 611. The molecule has 0 unspecified atom stereocenters. The molecule has 0 aliphatic rings. The fraction of sp³-hybridized carbons (Fsp3) is 0.333. The van der Waals surface area contributed by atoms with Gasteiger partial charge in [-0.3, -0.25) is 10.1 Å². The molecule has 0 bridgehead atoms. The van der Waals surface area contributed by atoms with E-state index in [1.54, 1.807) is 18.5 Å². The standard InChI is InChI=1S/C12H15N5O3/c1-16-8-14-15-12(16)5-6-13-10-4-3-9(20-2)7-11(10)17(18)19/h3-4,7-8,13H,5-6H2,1-2H3. The number of methoxy groups -OCH3 is 1. The van der Waals surface area contributed by atoms with Crippen molar-refractivity contribution in [2.75, 3.05) is 19.0 Å². The molecule has 1 aromatic carbocycles. The number of hydrogen-bond donors (Lipinski definition) is 1. The van der Waals surface area contributed by atoms with E-state index in [1.807, 2.05) is 11.6 Å². The SMILES string of the molecule is COc1ccc(NCCc2nncn2C)c([N+](=O)[O-])c1. The second-order valence-electron chi connectivity index (χ2n) is 4.18. The highest BCUT2D eigenvalue weighted by Crippen LogP contribution is 2.28. The number of nitrogens with zero attached hydrogens (tertiary/aromatic N) is 4. The van der Waals surface area contributed by atoms with Gasteiger partial charge in [0.05, 0.1) is 18.1 Å². The van der Waals surface area contributed by atoms with E-state index in [4.69, 9.17) is 4.74 Å². The maximum Gasteiger partial charge on any atom is 0.296 e. The Labute approximate surface area is 115 Å². The lowest BCUT2D eigenvalue weighted by atomic mass is 10.2. The van der Waals surface area contributed by atoms with Crippen molar-refractivity contribution < 1.29 is 9.66 Å². The lowest BCUT2D eigenvalue weighted by Gasteiger charge is -2.08. The second-order valence-corrected chi connectivity index (χ2v) is 4.18. The molecular weight excluding hydrogens is 262 g/mol. The Morgan fingerprint density at radius 1 is 1.50 bits per heavy atom. The van der Waals surface area contributed by atoms with Crippen molar-refractivity contribution in [3.8, 4) is 5.75 Å². The maximum atomic E-state index is 11.0. The first-order valence-electron chi connectivity index (χ1n) is 6.01. The average molecular weight is 277 g/mol. The van der Waals surface area contributed by atoms with Crippen LogP contribution in [0, 0.1) is 10.1 Å². The van der Waals surface area contributed by atoms with Crippen LogP contribution in [-0.2, 0) is 13.5 Å². The molecule has 1 aromatic heterocycles. The molecule has 0 saturated heterocycles. The van der Waals surface area contributed by atoms with Crippen molar-refractivity contribution >= 4 is 11.4 Å². The summed E-state index contributed by atoms with van der Waals surface area (Å²) in [6, 6.07) is 4.70. The molecule has 0 saturated carbocycles. The molecular formula is C12H15N5O3. The predicted octanol–water partition coefficient (Wildman–Crippen LogP) is 1.39. The van der Waals surface area contributed by atoms with Gasteiger partial charge in [-0.1, -0.05) is 0 Å². The number of benzene rings is 1. The molecule has 2 aromatic rings. The zero-order valence-corrected chi connectivity index (χ0v) is 11.2. The van der Waals surface area contributed by atoms with Gasteiger partial charge in [0.15, 0.2) is 0 Å². The first-order chi connectivity index (χ1) is 9.61. The highest BCUT2D eigenvalue weighted by molar-refractivity contribution is 5.63. The van der Waals surface area contributed by atoms with E-state index < -0.39 is 4.92 Å². The number of aromatic nitrogens is 3. The largest absolute Gasteiger partial charge is 0.496 e. The number of rotatable bonds is 6. The maximum absolute atomic E-state index is 11.0. The lowest BCUT2D eigenvalue weighted by molar-refractivity contribution is -0.384. The molecule has 20 heavy (non-hydrogen) atoms. The second kappa shape index (κ2) is 6.00. The van der Waals surface area contributed by atoms with E-state index in [9.17, 15) is 10.1 Å². The van der Waals surface area contributed by atoms with Crippen LogP contribution in [0.4, 0.5) is 11.4 Å². The van der Waals surface area contributed by atoms with Gasteiger partial charge in [0, 0.05) is 20.0 Å². The normalized spacial score (nSPS) is 10.3. The average Bonchev–Trinajstić information content (AvgIpc) is 2.84. The molecule has 0 fully saturated rings. The molecule has 2 rings (SSSR count). The lowest BCUT2D eigenvalue weighted by Crippen LogP contribution is -2.10. The van der Waals surface area contributed by atoms with E-state index in [1.165, 1.54) is 13.2 Å². The van der Waals surface area contributed by atoms with Crippen molar-refractivity contribution in [3.63, 3.8) is 0 Å². The first-order valence-corrected chi connectivity index (χ1v) is 6.01. The molecule has 1 heterocycles. The molecule has 1 N–H and O–H groups in total. The van der Waals surface area contributed by atoms with E-state index in [0.29, 0.717) is 24.4 Å². The zero-order valence-electron chi connectivity index (χ0n) is 11.2. The van der Waals surface area contributed by atoms with Gasteiger partial charge in [-0.25, -0.2) is 0 Å². The van der Waals surface area contributed by atoms with Crippen molar-refractivity contribution in [1.29, 1.82) is 0 Å². The molecule has 0 amide bonds. The summed E-state index contributed by atoms with van der Waals surface area (Å²) in [6.07, 6.45) is 2.24. The van der Waals surface area contributed by atoms with Gasteiger partial charge in [-0.2, -0.15) is 0 Å². The van der Waals surface area contributed by atoms with Crippen LogP contribution < -0.4 is 10.1 Å². The zero-order chi connectivity index (χ0) is 14.5. The molecule has 106 valence electrons. The van der Waals surface area contributed by atoms with Gasteiger partial charge in [0.2, 0.25) is 0 Å². The minimum atomic E-state index is -0.437. The Morgan fingerprint density at radius 2 is 2.30 bits per heavy atom. The van der Waals surface area contributed by atoms with Crippen LogP contribution in [-0.4, -0.2) is 33.3 Å². The van der Waals surface area contributed by atoms with Crippen molar-refractivity contribution in [1.82, 2.24) is 14.8 Å². The summed E-state index contributed by atoms with van der Waals surface area (Å²) < 4.78 is 6.79. The van der Waals surface area contributed by atoms with Gasteiger partial charge in [0.25, 0.3) is 5.69 Å². The van der Waals surface area contributed by atoms with E-state index >= 15 is 0 Å². The molecule has 0 spiro atoms. The number of hydrogen-bond acceptors (Lipinski definition) is 6. The van der Waals surface area contributed by atoms with Gasteiger partial charge >= 0.3 is 0 Å². The third-order valence-electron chi connectivity index (χ3n) is 2.87. The third-order valence-corrected chi connectivity index (χ3v) is 2.87. The quantitative estimate of drug-likeness (QED) is 0.633. The predicted molar refractivity (Wildman–Crippen MR) is 72.8 cm³/mol. The van der Waals surface area contributed by atoms with Gasteiger partial charge in [-0.05, 0) is 12.1 Å². The van der Waals surface area contributed by atoms with Crippen molar-refractivity contribution in [3.05, 3.63) is 40.5 Å². The summed E-state index contributed by atoms with van der Waals surface area (Å²) in [6.45, 7) is 0.527. The third kappa shape index (κ3) is 3.02. The Balaban J connectivity index is 2.05. The number of aryl methyl sites for hydroxylation is 1. The molecule has 8 nitrogen and oxygen atoms in total. The minimum absolute atomic E-state index is 0.0117. The fourth-order valence-corrected chi connectivity index (χ4v) is 1.78. The van der Waals surface area contributed by atoms with E-state index in [-0.39, 0.29) is 5.69 Å². The van der Waals surface area contributed by atoms with Gasteiger partial charge in [-0.15, -0.1) is 10.2 Å². The summed E-state index contributed by atoms with van der Waals surface area (Å²) in [4.78, 5) is 10.6. The summed E-state index contributed by atoms with van der Waals surface area (Å²) in [7, 11) is 3.32. The van der Waals surface area contributed by atoms with Gasteiger partial charge < -0.3 is 14.6 Å². The summed E-state index contributed by atoms with van der Waals surface area (Å²) in [5, 5.41) is 21.8. The van der Waals surface area contributed by atoms with E-state index in [0.717, 1.165) is 5.82 Å². The van der Waals surface area contributed by atoms with Crippen molar-refractivity contribution in [2.45, 2.75) is 6.42 Å². The van der Waals surface area contributed by atoms with Crippen LogP contribution in [0.5, 0.6) is 5.75 Å². The number of ether oxygens (including phenoxy) is 1. The number of nitro benzene ring substituents is 1. The van der Waals surface area contributed by atoms with Crippen LogP contribution in [0.25, 0.3) is 0 Å². The minimum Gasteiger partial charge on any atom is -0.496 e. The Hall–Kier alpha value is -2.64. The number of anilines is 1. The van der Waals surface area contributed by atoms with Crippen molar-refractivity contribution in [2.24, 2.45) is 7.05 Å². The summed E-state index contributed by atoms with van der Waals surface area (Å²) in [5.41, 5.74) is 0.445. The van der Waals surface area contributed by atoms with Gasteiger partial charge in [0.1, 0.15) is 23.6 Å². The van der Waals surface area contributed by atoms with Crippen LogP contribution in [0.2, 0.25) is 0 Å². The summed E-state index contributed by atoms with van der Waals surface area (Å²) >= 11 is 0. The highest BCUT2D eigenvalue weighted by atomic mass is 16.6. The van der Waals surface area contributed by atoms with Crippen LogP contribution in [0.1, 0.15) is 5.82 Å². The van der Waals surface area contributed by atoms with Crippen LogP contribution in [0.3, 0.4) is 0 Å². The number of nitro groups is 1. The molecule has 0 aliphatic carbocycles. The highest BCUT2D eigenvalue weighted by Gasteiger charge is 2.14. The van der Waals surface area contributed by atoms with E-state index in [2.05, 4.69) is 15.5 Å². The molecule has 0 atom stereocenters. The number of nitrogens with one attached hydrogen (secondary N) is 1. The van der Waals surface area contributed by atoms with Crippen LogP contribution >= 0.6 is 0 Å². The molecule has 0 aliphatic heterocycles. The fourth-order valence-electron chi connectivity index (χ4n) is 1.78. The topological polar surface area (TPSA) is 95.1 Å². The monoisotopic (exact) mass is 277 g/mol. The Kier molecular flexibility index (Phi) is 4.14. The van der Waals surface area contributed by atoms with Crippen LogP contribution in [0.15, 0.2) is 24.5 Å². The Morgan fingerprint density at radius 3 is 2.90 bits per heavy atom. The molecule has 0 radical (unpaired) electrons.